The van der Waals surface area contributed by atoms with Gasteiger partial charge in [0.25, 0.3) is 0 Å². The third-order valence-electron chi connectivity index (χ3n) is 3.67. The van der Waals surface area contributed by atoms with Crippen molar-refractivity contribution in [3.8, 4) is 11.5 Å². The van der Waals surface area contributed by atoms with Crippen LogP contribution in [0, 0.1) is 0 Å². The summed E-state index contributed by atoms with van der Waals surface area (Å²) in [5.41, 5.74) is 2.69. The van der Waals surface area contributed by atoms with E-state index in [1.54, 1.807) is 6.08 Å². The van der Waals surface area contributed by atoms with Crippen molar-refractivity contribution in [2.75, 3.05) is 6.61 Å². The molecule has 0 radical (unpaired) electrons. The van der Waals surface area contributed by atoms with Crippen molar-refractivity contribution in [1.82, 2.24) is 0 Å². The minimum Gasteiger partial charge on any atom is -0.493 e. The van der Waals surface area contributed by atoms with Crippen LogP contribution in [0.2, 0.25) is 0 Å². The molecule has 2 aromatic carbocycles. The molecule has 1 heterocycles. The number of benzene rings is 2. The minimum absolute atomic E-state index is 0.0148. The molecule has 0 aromatic heterocycles. The van der Waals surface area contributed by atoms with Gasteiger partial charge in [0.15, 0.2) is 5.78 Å². The maximum atomic E-state index is 12.4. The largest absolute Gasteiger partial charge is 0.493 e. The first-order valence-electron chi connectivity index (χ1n) is 7.87. The van der Waals surface area contributed by atoms with Crippen LogP contribution in [0.3, 0.4) is 0 Å². The van der Waals surface area contributed by atoms with Crippen molar-refractivity contribution >= 4 is 11.9 Å². The van der Waals surface area contributed by atoms with Crippen LogP contribution in [0.4, 0.5) is 0 Å². The molecule has 0 unspecified atom stereocenters. The molecule has 3 nitrogen and oxygen atoms in total. The second-order valence-electron chi connectivity index (χ2n) is 5.82. The summed E-state index contributed by atoms with van der Waals surface area (Å²) >= 11 is 0. The van der Waals surface area contributed by atoms with Crippen molar-refractivity contribution in [3.63, 3.8) is 0 Å². The van der Waals surface area contributed by atoms with Gasteiger partial charge in [-0.2, -0.15) is 0 Å². The Kier molecular flexibility index (Phi) is 4.47. The van der Waals surface area contributed by atoms with Gasteiger partial charge >= 0.3 is 0 Å². The van der Waals surface area contributed by atoms with E-state index in [-0.39, 0.29) is 11.9 Å². The highest BCUT2D eigenvalue weighted by atomic mass is 16.5. The number of carbonyl (C=O) groups is 1. The van der Waals surface area contributed by atoms with Gasteiger partial charge < -0.3 is 9.47 Å². The Balaban J connectivity index is 1.79. The van der Waals surface area contributed by atoms with Gasteiger partial charge in [0, 0.05) is 17.5 Å². The van der Waals surface area contributed by atoms with Crippen molar-refractivity contribution in [1.29, 1.82) is 0 Å². The second kappa shape index (κ2) is 6.69. The average Bonchev–Trinajstić information content (AvgIpc) is 3.00. The molecule has 3 heteroatoms. The average molecular weight is 308 g/mol. The van der Waals surface area contributed by atoms with Gasteiger partial charge in [-0.3, -0.25) is 4.79 Å². The lowest BCUT2D eigenvalue weighted by Crippen LogP contribution is -2.06. The Labute approximate surface area is 136 Å². The van der Waals surface area contributed by atoms with Crippen molar-refractivity contribution in [2.45, 2.75) is 26.4 Å². The van der Waals surface area contributed by atoms with E-state index in [2.05, 4.69) is 0 Å². The van der Waals surface area contributed by atoms with Crippen LogP contribution in [0.5, 0.6) is 11.5 Å². The number of carbonyl (C=O) groups excluding carboxylic acids is 1. The zero-order chi connectivity index (χ0) is 16.2. The van der Waals surface area contributed by atoms with Gasteiger partial charge in [-0.05, 0) is 55.8 Å². The predicted octanol–water partition coefficient (Wildman–Crippen LogP) is 4.30. The molecule has 0 fully saturated rings. The molecule has 23 heavy (non-hydrogen) atoms. The fourth-order valence-corrected chi connectivity index (χ4v) is 2.58. The standard InChI is InChI=1S/C20H20O3/c1-14(2)23-20-6-4-3-5-15(20)7-9-18(21)16-8-10-19-17(13-16)11-12-22-19/h3-10,13-14H,11-12H2,1-2H3/b9-7+. The van der Waals surface area contributed by atoms with Gasteiger partial charge in [-0.1, -0.05) is 18.2 Å². The topological polar surface area (TPSA) is 35.5 Å². The van der Waals surface area contributed by atoms with Gasteiger partial charge in [-0.25, -0.2) is 0 Å². The summed E-state index contributed by atoms with van der Waals surface area (Å²) in [6, 6.07) is 13.3. The fraction of sp³-hybridized carbons (Fsp3) is 0.250. The molecule has 0 saturated carbocycles. The van der Waals surface area contributed by atoms with Crippen LogP contribution >= 0.6 is 0 Å². The van der Waals surface area contributed by atoms with Crippen LogP contribution < -0.4 is 9.47 Å². The van der Waals surface area contributed by atoms with E-state index in [1.807, 2.05) is 62.4 Å². The first-order chi connectivity index (χ1) is 11.1. The third-order valence-corrected chi connectivity index (χ3v) is 3.67. The molecular weight excluding hydrogens is 288 g/mol. The molecule has 0 spiro atoms. The number of rotatable bonds is 5. The first kappa shape index (κ1) is 15.3. The summed E-state index contributed by atoms with van der Waals surface area (Å²) in [7, 11) is 0. The number of allylic oxidation sites excluding steroid dienone is 1. The monoisotopic (exact) mass is 308 g/mol. The summed E-state index contributed by atoms with van der Waals surface area (Å²) in [5.74, 6) is 1.66. The van der Waals surface area contributed by atoms with Crippen LogP contribution in [-0.2, 0) is 6.42 Å². The fourth-order valence-electron chi connectivity index (χ4n) is 2.58. The molecule has 118 valence electrons. The number of fused-ring (bicyclic) bond motifs is 1. The van der Waals surface area contributed by atoms with Crippen molar-refractivity contribution in [2.24, 2.45) is 0 Å². The lowest BCUT2D eigenvalue weighted by Gasteiger charge is -2.11. The molecule has 0 bridgehead atoms. The highest BCUT2D eigenvalue weighted by molar-refractivity contribution is 6.07. The summed E-state index contributed by atoms with van der Waals surface area (Å²) in [4.78, 5) is 12.4. The summed E-state index contributed by atoms with van der Waals surface area (Å²) in [6.07, 6.45) is 4.37. The van der Waals surface area contributed by atoms with Crippen LogP contribution in [0.1, 0.15) is 35.3 Å². The quantitative estimate of drug-likeness (QED) is 0.610. The summed E-state index contributed by atoms with van der Waals surface area (Å²) in [5, 5.41) is 0. The van der Waals surface area contributed by atoms with Crippen LogP contribution in [0.15, 0.2) is 48.5 Å². The summed E-state index contributed by atoms with van der Waals surface area (Å²) < 4.78 is 11.2. The normalized spacial score (nSPS) is 13.2. The third kappa shape index (κ3) is 3.62. The summed E-state index contributed by atoms with van der Waals surface area (Å²) in [6.45, 7) is 4.67. The van der Waals surface area contributed by atoms with Gasteiger partial charge in [0.05, 0.1) is 12.7 Å². The Hall–Kier alpha value is -2.55. The Bertz CT molecular complexity index is 744. The Morgan fingerprint density at radius 3 is 2.87 bits per heavy atom. The van der Waals surface area contributed by atoms with Gasteiger partial charge in [-0.15, -0.1) is 0 Å². The lowest BCUT2D eigenvalue weighted by molar-refractivity contribution is 0.104. The predicted molar refractivity (Wildman–Crippen MR) is 91.2 cm³/mol. The molecule has 3 rings (SSSR count). The Morgan fingerprint density at radius 2 is 2.04 bits per heavy atom. The SMILES string of the molecule is CC(C)Oc1ccccc1/C=C/C(=O)c1ccc2c(c1)CCO2. The number of para-hydroxylation sites is 1. The first-order valence-corrected chi connectivity index (χ1v) is 7.87. The van der Waals surface area contributed by atoms with E-state index in [4.69, 9.17) is 9.47 Å². The van der Waals surface area contributed by atoms with E-state index in [0.29, 0.717) is 12.2 Å². The number of ether oxygens (including phenoxy) is 2. The smallest absolute Gasteiger partial charge is 0.185 e. The number of ketones is 1. The molecule has 0 saturated heterocycles. The van der Waals surface area contributed by atoms with E-state index < -0.39 is 0 Å². The highest BCUT2D eigenvalue weighted by Crippen LogP contribution is 2.26. The number of hydrogen-bond donors (Lipinski definition) is 0. The van der Waals surface area contributed by atoms with E-state index >= 15 is 0 Å². The van der Waals surface area contributed by atoms with E-state index in [1.165, 1.54) is 0 Å². The molecule has 0 amide bonds. The second-order valence-corrected chi connectivity index (χ2v) is 5.82. The number of hydrogen-bond acceptors (Lipinski definition) is 3. The molecular formula is C20H20O3. The van der Waals surface area contributed by atoms with E-state index in [0.717, 1.165) is 29.0 Å². The molecule has 0 N–H and O–H groups in total. The molecule has 0 atom stereocenters. The molecule has 2 aromatic rings. The highest BCUT2D eigenvalue weighted by Gasteiger charge is 2.14. The minimum atomic E-state index is -0.0148. The molecule has 1 aliphatic heterocycles. The van der Waals surface area contributed by atoms with Gasteiger partial charge in [0.2, 0.25) is 0 Å². The maximum Gasteiger partial charge on any atom is 0.185 e. The zero-order valence-corrected chi connectivity index (χ0v) is 13.4. The Morgan fingerprint density at radius 1 is 1.22 bits per heavy atom. The van der Waals surface area contributed by atoms with Crippen LogP contribution in [0.25, 0.3) is 6.08 Å². The van der Waals surface area contributed by atoms with E-state index in [9.17, 15) is 4.79 Å². The van der Waals surface area contributed by atoms with Crippen LogP contribution in [-0.4, -0.2) is 18.5 Å². The molecule has 1 aliphatic rings. The molecule has 0 aliphatic carbocycles. The van der Waals surface area contributed by atoms with Gasteiger partial charge in [0.1, 0.15) is 11.5 Å². The lowest BCUT2D eigenvalue weighted by atomic mass is 10.0. The van der Waals surface area contributed by atoms with Crippen molar-refractivity contribution in [3.05, 3.63) is 65.2 Å². The zero-order valence-electron chi connectivity index (χ0n) is 13.4. The maximum absolute atomic E-state index is 12.4. The van der Waals surface area contributed by atoms with Crippen molar-refractivity contribution < 1.29 is 14.3 Å².